The van der Waals surface area contributed by atoms with Crippen molar-refractivity contribution in [3.05, 3.63) is 243 Å². The second-order valence-electron chi connectivity index (χ2n) is 15.2. The van der Waals surface area contributed by atoms with Crippen molar-refractivity contribution in [2.24, 2.45) is 0 Å². The SMILES string of the molecule is c1cc(-c2cccc(N(c3ccc(-c4ccccc4)cc3)c3ccc(-c4ccc5ccccc5c4)cc3)c2)cc(-c2cccc3c2c2ccccc2n3-c2ccccc2)c#1. The first-order valence-electron chi connectivity index (χ1n) is 20.4. The molecular formula is C58H38N2. The van der Waals surface area contributed by atoms with Gasteiger partial charge in [-0.05, 0) is 123 Å². The largest absolute Gasteiger partial charge is 0.310 e. The number of aromatic nitrogens is 1. The number of para-hydroxylation sites is 2. The Labute approximate surface area is 350 Å². The maximum atomic E-state index is 3.49. The molecule has 0 aliphatic heterocycles. The summed E-state index contributed by atoms with van der Waals surface area (Å²) in [7, 11) is 0. The first kappa shape index (κ1) is 35.1. The smallest absolute Gasteiger partial charge is 0.0547 e. The molecule has 0 fully saturated rings. The molecule has 11 aromatic rings. The number of fused-ring (bicyclic) bond motifs is 4. The van der Waals surface area contributed by atoms with Crippen LogP contribution in [0.4, 0.5) is 17.1 Å². The Morgan fingerprint density at radius 3 is 1.73 bits per heavy atom. The molecule has 0 saturated heterocycles. The van der Waals surface area contributed by atoms with Gasteiger partial charge in [-0.1, -0.05) is 164 Å². The summed E-state index contributed by atoms with van der Waals surface area (Å²) < 4.78 is 2.36. The lowest BCUT2D eigenvalue weighted by atomic mass is 9.97. The van der Waals surface area contributed by atoms with Crippen molar-refractivity contribution in [1.82, 2.24) is 4.57 Å². The van der Waals surface area contributed by atoms with Gasteiger partial charge in [0.1, 0.15) is 0 Å². The molecule has 0 unspecified atom stereocenters. The molecule has 1 aromatic heterocycles. The maximum absolute atomic E-state index is 3.49. The monoisotopic (exact) mass is 762 g/mol. The van der Waals surface area contributed by atoms with E-state index in [0.29, 0.717) is 0 Å². The van der Waals surface area contributed by atoms with Crippen molar-refractivity contribution in [1.29, 1.82) is 0 Å². The van der Waals surface area contributed by atoms with E-state index in [1.807, 2.05) is 6.07 Å². The van der Waals surface area contributed by atoms with E-state index in [4.69, 9.17) is 0 Å². The Balaban J connectivity index is 0.998. The highest BCUT2D eigenvalue weighted by molar-refractivity contribution is 6.15. The van der Waals surface area contributed by atoms with Crippen LogP contribution in [-0.2, 0) is 0 Å². The van der Waals surface area contributed by atoms with Crippen molar-refractivity contribution < 1.29 is 0 Å². The summed E-state index contributed by atoms with van der Waals surface area (Å²) in [6, 6.07) is 89.5. The Morgan fingerprint density at radius 2 is 0.950 bits per heavy atom. The van der Waals surface area contributed by atoms with Gasteiger partial charge in [0, 0.05) is 44.6 Å². The summed E-state index contributed by atoms with van der Waals surface area (Å²) >= 11 is 0. The molecule has 0 saturated carbocycles. The number of anilines is 3. The van der Waals surface area contributed by atoms with E-state index < -0.39 is 0 Å². The van der Waals surface area contributed by atoms with Gasteiger partial charge in [0.25, 0.3) is 0 Å². The van der Waals surface area contributed by atoms with E-state index in [0.717, 1.165) is 45.0 Å². The zero-order chi connectivity index (χ0) is 39.8. The summed E-state index contributed by atoms with van der Waals surface area (Å²) in [5.74, 6) is 0. The van der Waals surface area contributed by atoms with E-state index in [2.05, 4.69) is 246 Å². The fourth-order valence-electron chi connectivity index (χ4n) is 8.71. The van der Waals surface area contributed by atoms with Crippen LogP contribution in [0.15, 0.2) is 231 Å². The van der Waals surface area contributed by atoms with E-state index in [-0.39, 0.29) is 0 Å². The van der Waals surface area contributed by atoms with E-state index in [9.17, 15) is 0 Å². The minimum Gasteiger partial charge on any atom is -0.310 e. The summed E-state index contributed by atoms with van der Waals surface area (Å²) in [5.41, 5.74) is 15.8. The third-order valence-corrected chi connectivity index (χ3v) is 11.6. The van der Waals surface area contributed by atoms with Gasteiger partial charge >= 0.3 is 0 Å². The molecule has 0 aliphatic rings. The van der Waals surface area contributed by atoms with Gasteiger partial charge in [-0.25, -0.2) is 0 Å². The van der Waals surface area contributed by atoms with Crippen LogP contribution in [0.5, 0.6) is 0 Å². The molecule has 1 heterocycles. The summed E-state index contributed by atoms with van der Waals surface area (Å²) in [6.45, 7) is 0. The van der Waals surface area contributed by atoms with E-state index in [1.54, 1.807) is 0 Å². The van der Waals surface area contributed by atoms with E-state index >= 15 is 0 Å². The summed E-state index contributed by atoms with van der Waals surface area (Å²) in [5, 5.41) is 4.92. The molecule has 0 amide bonds. The average Bonchev–Trinajstić information content (AvgIpc) is 3.67. The third kappa shape index (κ3) is 6.36. The molecule has 0 N–H and O–H groups in total. The van der Waals surface area contributed by atoms with Gasteiger partial charge in [0.2, 0.25) is 0 Å². The first-order chi connectivity index (χ1) is 29.7. The summed E-state index contributed by atoms with van der Waals surface area (Å²) in [6.07, 6.45) is 0. The van der Waals surface area contributed by atoms with Gasteiger partial charge in [0.05, 0.1) is 11.0 Å². The fourth-order valence-corrected chi connectivity index (χ4v) is 8.71. The predicted octanol–water partition coefficient (Wildman–Crippen LogP) is 15.7. The molecule has 11 rings (SSSR count). The molecule has 0 aliphatic carbocycles. The molecule has 2 nitrogen and oxygen atoms in total. The maximum Gasteiger partial charge on any atom is 0.0547 e. The van der Waals surface area contributed by atoms with Crippen LogP contribution in [-0.4, -0.2) is 4.57 Å². The van der Waals surface area contributed by atoms with Crippen molar-refractivity contribution >= 4 is 49.6 Å². The highest BCUT2D eigenvalue weighted by Crippen LogP contribution is 2.41. The normalized spacial score (nSPS) is 11.2. The van der Waals surface area contributed by atoms with Crippen LogP contribution < -0.4 is 4.90 Å². The van der Waals surface area contributed by atoms with Gasteiger partial charge in [-0.3, -0.25) is 0 Å². The number of nitrogens with zero attached hydrogens (tertiary/aromatic N) is 2. The number of hydrogen-bond donors (Lipinski definition) is 0. The predicted molar refractivity (Wildman–Crippen MR) is 252 cm³/mol. The van der Waals surface area contributed by atoms with Crippen LogP contribution in [0.2, 0.25) is 0 Å². The molecule has 0 spiro atoms. The molecule has 2 heteroatoms. The second-order valence-corrected chi connectivity index (χ2v) is 15.2. The van der Waals surface area contributed by atoms with Crippen molar-refractivity contribution in [2.45, 2.75) is 0 Å². The molecule has 280 valence electrons. The average molecular weight is 763 g/mol. The van der Waals surface area contributed by atoms with Crippen molar-refractivity contribution in [2.75, 3.05) is 4.90 Å². The fraction of sp³-hybridized carbons (Fsp3) is 0. The first-order valence-corrected chi connectivity index (χ1v) is 20.4. The van der Waals surface area contributed by atoms with Crippen LogP contribution in [0.1, 0.15) is 0 Å². The van der Waals surface area contributed by atoms with Gasteiger partial charge in [-0.2, -0.15) is 0 Å². The number of rotatable bonds is 8. The number of hydrogen-bond acceptors (Lipinski definition) is 1. The Kier molecular flexibility index (Phi) is 8.77. The van der Waals surface area contributed by atoms with E-state index in [1.165, 1.54) is 54.8 Å². The Bertz CT molecular complexity index is 3290. The standard InChI is InChI=1S/C58H38N2/c1-3-14-41(15-4-1)43-30-34-51(35-31-43)59(52-36-32-44(33-37-52)48-29-28-42-16-7-8-17-45(42)38-48)53-23-12-19-47(40-53)46-18-11-20-49(39-46)54-25-13-27-57-58(54)55-24-9-10-26-56(55)60(57)50-21-5-2-6-22-50/h1-10,12-19,21-40H. The zero-order valence-electron chi connectivity index (χ0n) is 32.8. The molecule has 0 atom stereocenters. The molecule has 60 heavy (non-hydrogen) atoms. The number of benzene rings is 9. The minimum atomic E-state index is 1.01. The van der Waals surface area contributed by atoms with Crippen molar-refractivity contribution in [3.8, 4) is 50.2 Å². The molecule has 0 bridgehead atoms. The van der Waals surface area contributed by atoms with Gasteiger partial charge < -0.3 is 9.47 Å². The third-order valence-electron chi connectivity index (χ3n) is 11.6. The quantitative estimate of drug-likeness (QED) is 0.150. The summed E-state index contributed by atoms with van der Waals surface area (Å²) in [4.78, 5) is 2.35. The topological polar surface area (TPSA) is 8.17 Å². The van der Waals surface area contributed by atoms with Gasteiger partial charge in [0.15, 0.2) is 0 Å². The van der Waals surface area contributed by atoms with Crippen LogP contribution in [0, 0.1) is 12.1 Å². The Morgan fingerprint density at radius 1 is 0.367 bits per heavy atom. The van der Waals surface area contributed by atoms with Gasteiger partial charge in [-0.15, -0.1) is 0 Å². The Hall–Kier alpha value is -8.12. The molecule has 10 aromatic carbocycles. The zero-order valence-corrected chi connectivity index (χ0v) is 32.8. The molecule has 0 radical (unpaired) electrons. The molecular weight excluding hydrogens is 725 g/mol. The van der Waals surface area contributed by atoms with Crippen molar-refractivity contribution in [3.63, 3.8) is 0 Å². The highest BCUT2D eigenvalue weighted by atomic mass is 15.1. The highest BCUT2D eigenvalue weighted by Gasteiger charge is 2.18. The lowest BCUT2D eigenvalue weighted by molar-refractivity contribution is 1.18. The second kappa shape index (κ2) is 15.0. The van der Waals surface area contributed by atoms with Crippen LogP contribution in [0.25, 0.3) is 82.8 Å². The lowest BCUT2D eigenvalue weighted by Gasteiger charge is -2.26. The minimum absolute atomic E-state index is 1.01. The van der Waals surface area contributed by atoms with Crippen LogP contribution in [0.3, 0.4) is 0 Å². The lowest BCUT2D eigenvalue weighted by Crippen LogP contribution is -2.10. The van der Waals surface area contributed by atoms with Crippen LogP contribution >= 0.6 is 0 Å².